The summed E-state index contributed by atoms with van der Waals surface area (Å²) in [5, 5.41) is 3.44. The third-order valence-corrected chi connectivity index (χ3v) is 5.32. The van der Waals surface area contributed by atoms with E-state index in [9.17, 15) is 9.59 Å². The topological polar surface area (TPSA) is 81.8 Å². The van der Waals surface area contributed by atoms with Gasteiger partial charge in [-0.25, -0.2) is 9.97 Å². The van der Waals surface area contributed by atoms with Crippen LogP contribution in [0.2, 0.25) is 0 Å². The number of carbonyl (C=O) groups is 1. The lowest BCUT2D eigenvalue weighted by molar-refractivity contribution is -0.123. The van der Waals surface area contributed by atoms with Gasteiger partial charge in [0.2, 0.25) is 5.91 Å². The molecule has 2 heterocycles. The van der Waals surface area contributed by atoms with Crippen molar-refractivity contribution in [2.24, 2.45) is 0 Å². The summed E-state index contributed by atoms with van der Waals surface area (Å²) >= 11 is 0. The normalized spacial score (nSPS) is 12.5. The first-order chi connectivity index (χ1) is 14.5. The number of nitrogens with one attached hydrogen (secondary N) is 1. The number of hydrogen-bond acceptors (Lipinski definition) is 4. The molecule has 0 radical (unpaired) electrons. The van der Waals surface area contributed by atoms with E-state index < -0.39 is 6.04 Å². The van der Waals surface area contributed by atoms with Gasteiger partial charge in [-0.1, -0.05) is 24.3 Å². The molecule has 0 fully saturated rings. The number of benzene rings is 2. The molecule has 4 aromatic rings. The second-order valence-corrected chi connectivity index (χ2v) is 7.67. The molecule has 4 rings (SSSR count). The SMILES string of the molecule is CC(C(=O)NCCc1nc2ccccc2n1C(C)C)n1cnc2ccccc2c1=O. The molecule has 30 heavy (non-hydrogen) atoms. The van der Waals surface area contributed by atoms with Crippen LogP contribution in [0, 0.1) is 0 Å². The first-order valence-electron chi connectivity index (χ1n) is 10.2. The third kappa shape index (κ3) is 3.58. The first-order valence-corrected chi connectivity index (χ1v) is 10.2. The van der Waals surface area contributed by atoms with Gasteiger partial charge in [0, 0.05) is 19.0 Å². The van der Waals surface area contributed by atoms with Gasteiger partial charge < -0.3 is 9.88 Å². The van der Waals surface area contributed by atoms with Crippen LogP contribution in [0.3, 0.4) is 0 Å². The average molecular weight is 403 g/mol. The monoisotopic (exact) mass is 403 g/mol. The number of rotatable bonds is 6. The number of nitrogens with zero attached hydrogens (tertiary/aromatic N) is 4. The van der Waals surface area contributed by atoms with Gasteiger partial charge in [0.15, 0.2) is 0 Å². The zero-order chi connectivity index (χ0) is 21.3. The van der Waals surface area contributed by atoms with Gasteiger partial charge in [0.1, 0.15) is 11.9 Å². The number of hydrogen-bond donors (Lipinski definition) is 1. The Morgan fingerprint density at radius 3 is 2.50 bits per heavy atom. The molecule has 0 saturated carbocycles. The lowest BCUT2D eigenvalue weighted by Gasteiger charge is -2.16. The highest BCUT2D eigenvalue weighted by Gasteiger charge is 2.18. The minimum Gasteiger partial charge on any atom is -0.354 e. The van der Waals surface area contributed by atoms with Gasteiger partial charge in [-0.3, -0.25) is 14.2 Å². The Hall–Kier alpha value is -3.48. The second kappa shape index (κ2) is 8.10. The summed E-state index contributed by atoms with van der Waals surface area (Å²) in [6, 6.07) is 14.8. The summed E-state index contributed by atoms with van der Waals surface area (Å²) in [5.41, 5.74) is 2.45. The number of carbonyl (C=O) groups excluding carboxylic acids is 1. The van der Waals surface area contributed by atoms with Crippen LogP contribution in [-0.4, -0.2) is 31.6 Å². The van der Waals surface area contributed by atoms with Crippen molar-refractivity contribution in [3.63, 3.8) is 0 Å². The molecular formula is C23H25N5O2. The number of imidazole rings is 1. The van der Waals surface area contributed by atoms with Crippen LogP contribution in [0.15, 0.2) is 59.7 Å². The number of fused-ring (bicyclic) bond motifs is 2. The third-order valence-electron chi connectivity index (χ3n) is 5.32. The van der Waals surface area contributed by atoms with Crippen molar-refractivity contribution in [3.05, 3.63) is 71.0 Å². The number of aromatic nitrogens is 4. The number of amides is 1. The molecule has 0 aliphatic rings. The van der Waals surface area contributed by atoms with Crippen LogP contribution in [0.5, 0.6) is 0 Å². The molecule has 2 aromatic carbocycles. The zero-order valence-corrected chi connectivity index (χ0v) is 17.4. The minimum atomic E-state index is -0.654. The standard InChI is InChI=1S/C23H25N5O2/c1-15(2)28-20-11-7-6-10-19(20)26-21(28)12-13-24-22(29)16(3)27-14-25-18-9-5-4-8-17(18)23(27)30/h4-11,14-16H,12-13H2,1-3H3,(H,24,29). The second-order valence-electron chi connectivity index (χ2n) is 7.67. The van der Waals surface area contributed by atoms with Gasteiger partial charge in [-0.05, 0) is 45.0 Å². The minimum absolute atomic E-state index is 0.218. The van der Waals surface area contributed by atoms with E-state index in [1.165, 1.54) is 10.9 Å². The van der Waals surface area contributed by atoms with Crippen LogP contribution in [0.1, 0.15) is 38.7 Å². The lowest BCUT2D eigenvalue weighted by atomic mass is 10.2. The summed E-state index contributed by atoms with van der Waals surface area (Å²) in [4.78, 5) is 34.4. The maximum absolute atomic E-state index is 12.7. The molecule has 1 unspecified atom stereocenters. The molecule has 0 saturated heterocycles. The van der Waals surface area contributed by atoms with Gasteiger partial charge in [0.05, 0.1) is 28.3 Å². The fourth-order valence-corrected chi connectivity index (χ4v) is 3.78. The molecule has 0 aliphatic carbocycles. The summed E-state index contributed by atoms with van der Waals surface area (Å²) in [7, 11) is 0. The molecular weight excluding hydrogens is 378 g/mol. The Morgan fingerprint density at radius 1 is 1.03 bits per heavy atom. The van der Waals surface area contributed by atoms with E-state index in [2.05, 4.69) is 34.8 Å². The van der Waals surface area contributed by atoms with Crippen molar-refractivity contribution < 1.29 is 4.79 Å². The van der Waals surface area contributed by atoms with Crippen molar-refractivity contribution >= 4 is 27.8 Å². The molecule has 0 spiro atoms. The highest BCUT2D eigenvalue weighted by Crippen LogP contribution is 2.21. The van der Waals surface area contributed by atoms with Crippen molar-refractivity contribution in [1.29, 1.82) is 0 Å². The van der Waals surface area contributed by atoms with Crippen molar-refractivity contribution in [2.75, 3.05) is 6.54 Å². The van der Waals surface area contributed by atoms with E-state index in [0.717, 1.165) is 16.9 Å². The summed E-state index contributed by atoms with van der Waals surface area (Å²) in [5.74, 6) is 0.713. The van der Waals surface area contributed by atoms with E-state index in [-0.39, 0.29) is 17.5 Å². The summed E-state index contributed by atoms with van der Waals surface area (Å²) in [6.07, 6.45) is 2.04. The van der Waals surface area contributed by atoms with Crippen molar-refractivity contribution in [1.82, 2.24) is 24.4 Å². The van der Waals surface area contributed by atoms with Gasteiger partial charge in [0.25, 0.3) is 5.56 Å². The van der Waals surface area contributed by atoms with Crippen LogP contribution in [-0.2, 0) is 11.2 Å². The maximum Gasteiger partial charge on any atom is 0.261 e. The van der Waals surface area contributed by atoms with E-state index in [1.807, 2.05) is 24.3 Å². The predicted molar refractivity (Wildman–Crippen MR) is 118 cm³/mol. The fourth-order valence-electron chi connectivity index (χ4n) is 3.78. The smallest absolute Gasteiger partial charge is 0.261 e. The largest absolute Gasteiger partial charge is 0.354 e. The Kier molecular flexibility index (Phi) is 5.35. The molecule has 2 aromatic heterocycles. The highest BCUT2D eigenvalue weighted by molar-refractivity contribution is 5.81. The Labute approximate surface area is 174 Å². The molecule has 1 amide bonds. The lowest BCUT2D eigenvalue weighted by Crippen LogP contribution is -2.37. The molecule has 7 nitrogen and oxygen atoms in total. The van der Waals surface area contributed by atoms with Gasteiger partial charge in [-0.2, -0.15) is 0 Å². The Morgan fingerprint density at radius 2 is 1.73 bits per heavy atom. The molecule has 154 valence electrons. The number of para-hydroxylation sites is 3. The summed E-state index contributed by atoms with van der Waals surface area (Å²) in [6.45, 7) is 6.39. The Bertz CT molecular complexity index is 1270. The van der Waals surface area contributed by atoms with Gasteiger partial charge in [-0.15, -0.1) is 0 Å². The van der Waals surface area contributed by atoms with Crippen LogP contribution in [0.25, 0.3) is 21.9 Å². The summed E-state index contributed by atoms with van der Waals surface area (Å²) < 4.78 is 3.57. The van der Waals surface area contributed by atoms with Crippen LogP contribution < -0.4 is 10.9 Å². The zero-order valence-electron chi connectivity index (χ0n) is 17.4. The maximum atomic E-state index is 12.7. The van der Waals surface area contributed by atoms with Crippen LogP contribution in [0.4, 0.5) is 0 Å². The van der Waals surface area contributed by atoms with Crippen molar-refractivity contribution in [2.45, 2.75) is 39.3 Å². The Balaban J connectivity index is 1.48. The fraction of sp³-hybridized carbons (Fsp3) is 0.304. The highest BCUT2D eigenvalue weighted by atomic mass is 16.2. The van der Waals surface area contributed by atoms with Gasteiger partial charge >= 0.3 is 0 Å². The quantitative estimate of drug-likeness (QED) is 0.536. The van der Waals surface area contributed by atoms with E-state index in [0.29, 0.717) is 23.9 Å². The van der Waals surface area contributed by atoms with Crippen molar-refractivity contribution in [3.8, 4) is 0 Å². The van der Waals surface area contributed by atoms with Crippen LogP contribution >= 0.6 is 0 Å². The van der Waals surface area contributed by atoms with E-state index in [1.54, 1.807) is 25.1 Å². The molecule has 7 heteroatoms. The molecule has 1 N–H and O–H groups in total. The first kappa shape index (κ1) is 19.8. The molecule has 0 aliphatic heterocycles. The average Bonchev–Trinajstić information content (AvgIpc) is 3.12. The predicted octanol–water partition coefficient (Wildman–Crippen LogP) is 3.25. The molecule has 0 bridgehead atoms. The van der Waals surface area contributed by atoms with E-state index >= 15 is 0 Å². The van der Waals surface area contributed by atoms with E-state index in [4.69, 9.17) is 4.98 Å². The molecule has 1 atom stereocenters.